The molecule has 27 heavy (non-hydrogen) atoms. The molecule has 2 aromatic rings. The van der Waals surface area contributed by atoms with E-state index in [1.165, 1.54) is 7.11 Å². The van der Waals surface area contributed by atoms with E-state index in [0.29, 0.717) is 42.6 Å². The first-order valence-electron chi connectivity index (χ1n) is 9.10. The van der Waals surface area contributed by atoms with E-state index >= 15 is 0 Å². The highest BCUT2D eigenvalue weighted by atomic mass is 16.5. The normalized spacial score (nSPS) is 14.5. The minimum atomic E-state index is -0.288. The number of para-hydroxylation sites is 2. The van der Waals surface area contributed by atoms with Crippen LogP contribution in [0.25, 0.3) is 0 Å². The topological polar surface area (TPSA) is 67.9 Å². The van der Waals surface area contributed by atoms with Crippen LogP contribution in [0.3, 0.4) is 0 Å². The van der Waals surface area contributed by atoms with Gasteiger partial charge in [-0.3, -0.25) is 4.79 Å². The maximum absolute atomic E-state index is 12.6. The van der Waals surface area contributed by atoms with E-state index in [1.807, 2.05) is 42.5 Å². The molecule has 0 spiro atoms. The van der Waals surface area contributed by atoms with Crippen LogP contribution < -0.4 is 10.1 Å². The number of likely N-dealkylation sites (tertiary alicyclic amines) is 1. The van der Waals surface area contributed by atoms with Gasteiger partial charge in [0.15, 0.2) is 0 Å². The van der Waals surface area contributed by atoms with Crippen molar-refractivity contribution in [3.05, 3.63) is 60.2 Å². The van der Waals surface area contributed by atoms with Crippen LogP contribution in [0.1, 0.15) is 23.2 Å². The zero-order chi connectivity index (χ0) is 19.1. The quantitative estimate of drug-likeness (QED) is 0.874. The number of amides is 2. The van der Waals surface area contributed by atoms with Gasteiger partial charge in [0, 0.05) is 19.6 Å². The second-order valence-corrected chi connectivity index (χ2v) is 6.52. The number of ether oxygens (including phenoxy) is 2. The monoisotopic (exact) mass is 368 g/mol. The van der Waals surface area contributed by atoms with Crippen molar-refractivity contribution < 1.29 is 19.1 Å². The lowest BCUT2D eigenvalue weighted by Gasteiger charge is -2.30. The van der Waals surface area contributed by atoms with Crippen LogP contribution in [0.2, 0.25) is 0 Å². The molecule has 1 fully saturated rings. The Morgan fingerprint density at radius 3 is 2.41 bits per heavy atom. The minimum absolute atomic E-state index is 0.156. The number of nitrogens with one attached hydrogen (secondary N) is 1. The van der Waals surface area contributed by atoms with E-state index in [9.17, 15) is 9.59 Å². The number of carbonyl (C=O) groups is 2. The molecule has 2 aromatic carbocycles. The fourth-order valence-corrected chi connectivity index (χ4v) is 3.14. The Kier molecular flexibility index (Phi) is 6.30. The molecule has 2 amide bonds. The van der Waals surface area contributed by atoms with Crippen molar-refractivity contribution in [2.75, 3.05) is 26.7 Å². The van der Waals surface area contributed by atoms with Crippen LogP contribution in [0.5, 0.6) is 11.5 Å². The van der Waals surface area contributed by atoms with Gasteiger partial charge < -0.3 is 19.7 Å². The van der Waals surface area contributed by atoms with Gasteiger partial charge in [-0.15, -0.1) is 0 Å². The van der Waals surface area contributed by atoms with Crippen molar-refractivity contribution in [1.82, 2.24) is 10.2 Å². The van der Waals surface area contributed by atoms with Gasteiger partial charge in [0.1, 0.15) is 11.5 Å². The summed E-state index contributed by atoms with van der Waals surface area (Å²) in [6.45, 7) is 1.88. The Balaban J connectivity index is 1.55. The van der Waals surface area contributed by atoms with Crippen LogP contribution >= 0.6 is 0 Å². The van der Waals surface area contributed by atoms with E-state index in [0.717, 1.165) is 12.8 Å². The van der Waals surface area contributed by atoms with Gasteiger partial charge in [-0.25, -0.2) is 4.79 Å². The van der Waals surface area contributed by atoms with E-state index in [2.05, 4.69) is 5.32 Å². The first-order valence-corrected chi connectivity index (χ1v) is 9.10. The molecule has 0 radical (unpaired) electrons. The van der Waals surface area contributed by atoms with Gasteiger partial charge in [-0.05, 0) is 43.0 Å². The molecular weight excluding hydrogens is 344 g/mol. The fourth-order valence-electron chi connectivity index (χ4n) is 3.14. The Morgan fingerprint density at radius 1 is 1.04 bits per heavy atom. The summed E-state index contributed by atoms with van der Waals surface area (Å²) in [5.74, 6) is 1.41. The van der Waals surface area contributed by atoms with Gasteiger partial charge in [-0.1, -0.05) is 30.3 Å². The number of piperidine rings is 1. The van der Waals surface area contributed by atoms with E-state index in [4.69, 9.17) is 9.47 Å². The highest BCUT2D eigenvalue weighted by Crippen LogP contribution is 2.25. The Morgan fingerprint density at radius 2 is 1.70 bits per heavy atom. The molecule has 1 aliphatic rings. The second kappa shape index (κ2) is 9.07. The summed E-state index contributed by atoms with van der Waals surface area (Å²) in [6, 6.07) is 16.6. The second-order valence-electron chi connectivity index (χ2n) is 6.52. The molecule has 0 bridgehead atoms. The summed E-state index contributed by atoms with van der Waals surface area (Å²) in [5.41, 5.74) is 0.508. The van der Waals surface area contributed by atoms with Gasteiger partial charge in [-0.2, -0.15) is 0 Å². The van der Waals surface area contributed by atoms with Gasteiger partial charge in [0.05, 0.1) is 12.7 Å². The number of nitrogens with zero attached hydrogens (tertiary/aromatic N) is 1. The molecule has 1 heterocycles. The highest BCUT2D eigenvalue weighted by Gasteiger charge is 2.24. The molecule has 0 atom stereocenters. The largest absolute Gasteiger partial charge is 0.457 e. The van der Waals surface area contributed by atoms with Gasteiger partial charge in [0.25, 0.3) is 5.91 Å². The molecule has 142 valence electrons. The van der Waals surface area contributed by atoms with E-state index < -0.39 is 0 Å². The summed E-state index contributed by atoms with van der Waals surface area (Å²) in [6.07, 6.45) is 1.40. The molecule has 0 unspecified atom stereocenters. The molecule has 6 nitrogen and oxygen atoms in total. The van der Waals surface area contributed by atoms with Crippen molar-refractivity contribution in [3.8, 4) is 11.5 Å². The molecule has 3 rings (SSSR count). The number of carbonyl (C=O) groups excluding carboxylic acids is 2. The minimum Gasteiger partial charge on any atom is -0.457 e. The number of hydrogen-bond donors (Lipinski definition) is 1. The Bertz CT molecular complexity index is 771. The van der Waals surface area contributed by atoms with E-state index in [-0.39, 0.29) is 12.0 Å². The lowest BCUT2D eigenvalue weighted by atomic mass is 9.97. The molecule has 1 saturated heterocycles. The maximum Gasteiger partial charge on any atom is 0.409 e. The third-order valence-corrected chi connectivity index (χ3v) is 4.70. The molecular formula is C21H24N2O4. The first-order chi connectivity index (χ1) is 13.2. The predicted octanol–water partition coefficient (Wildman–Crippen LogP) is 3.69. The number of methoxy groups -OCH3 is 1. The molecule has 0 aliphatic carbocycles. The average molecular weight is 368 g/mol. The highest BCUT2D eigenvalue weighted by molar-refractivity contribution is 5.97. The van der Waals surface area contributed by atoms with Crippen molar-refractivity contribution in [2.24, 2.45) is 5.92 Å². The van der Waals surface area contributed by atoms with E-state index in [1.54, 1.807) is 17.0 Å². The fraction of sp³-hybridized carbons (Fsp3) is 0.333. The third-order valence-electron chi connectivity index (χ3n) is 4.70. The summed E-state index contributed by atoms with van der Waals surface area (Å²) in [5, 5.41) is 3.00. The summed E-state index contributed by atoms with van der Waals surface area (Å²) in [7, 11) is 1.39. The van der Waals surface area contributed by atoms with Crippen LogP contribution in [-0.4, -0.2) is 43.6 Å². The molecule has 6 heteroatoms. The molecule has 1 N–H and O–H groups in total. The first kappa shape index (κ1) is 18.8. The Labute approximate surface area is 159 Å². The lowest BCUT2D eigenvalue weighted by Crippen LogP contribution is -2.41. The van der Waals surface area contributed by atoms with Crippen LogP contribution in [-0.2, 0) is 4.74 Å². The van der Waals surface area contributed by atoms with Gasteiger partial charge >= 0.3 is 6.09 Å². The van der Waals surface area contributed by atoms with Crippen LogP contribution in [0, 0.1) is 5.92 Å². The molecule has 0 saturated carbocycles. The maximum atomic E-state index is 12.6. The molecule has 0 aromatic heterocycles. The van der Waals surface area contributed by atoms with Crippen molar-refractivity contribution in [1.29, 1.82) is 0 Å². The standard InChI is InChI=1S/C21H24N2O4/c1-26-21(25)23-13-11-16(12-14-23)15-22-20(24)18-9-5-6-10-19(18)27-17-7-3-2-4-8-17/h2-10,16H,11-15H2,1H3,(H,22,24). The lowest BCUT2D eigenvalue weighted by molar-refractivity contribution is 0.0912. The Hall–Kier alpha value is -3.02. The van der Waals surface area contributed by atoms with Crippen molar-refractivity contribution in [3.63, 3.8) is 0 Å². The smallest absolute Gasteiger partial charge is 0.409 e. The summed E-state index contributed by atoms with van der Waals surface area (Å²) >= 11 is 0. The molecule has 1 aliphatic heterocycles. The zero-order valence-electron chi connectivity index (χ0n) is 15.4. The van der Waals surface area contributed by atoms with Crippen LogP contribution in [0.4, 0.5) is 4.79 Å². The SMILES string of the molecule is COC(=O)N1CCC(CNC(=O)c2ccccc2Oc2ccccc2)CC1. The summed E-state index contributed by atoms with van der Waals surface area (Å²) in [4.78, 5) is 25.9. The van der Waals surface area contributed by atoms with Crippen LogP contribution in [0.15, 0.2) is 54.6 Å². The van der Waals surface area contributed by atoms with Crippen molar-refractivity contribution in [2.45, 2.75) is 12.8 Å². The summed E-state index contributed by atoms with van der Waals surface area (Å²) < 4.78 is 10.6. The van der Waals surface area contributed by atoms with Crippen molar-refractivity contribution >= 4 is 12.0 Å². The number of rotatable bonds is 5. The zero-order valence-corrected chi connectivity index (χ0v) is 15.4. The third kappa shape index (κ3) is 5.00. The number of hydrogen-bond acceptors (Lipinski definition) is 4. The van der Waals surface area contributed by atoms with Gasteiger partial charge in [0.2, 0.25) is 0 Å². The number of benzene rings is 2. The predicted molar refractivity (Wildman–Crippen MR) is 102 cm³/mol. The average Bonchev–Trinajstić information content (AvgIpc) is 2.73.